The molecule has 158 valence electrons. The number of rotatable bonds is 3. The number of anilines is 1. The summed E-state index contributed by atoms with van der Waals surface area (Å²) in [5, 5.41) is 0. The molecular weight excluding hydrogens is 374 g/mol. The van der Waals surface area contributed by atoms with Crippen LogP contribution in [-0.2, 0) is 9.53 Å². The van der Waals surface area contributed by atoms with E-state index in [0.717, 1.165) is 0 Å². The van der Waals surface area contributed by atoms with Crippen LogP contribution in [0.15, 0.2) is 6.20 Å². The van der Waals surface area contributed by atoms with Crippen LogP contribution in [-0.4, -0.2) is 82.4 Å². The minimum atomic E-state index is -0.530. The smallest absolute Gasteiger partial charge is 0.410 e. The van der Waals surface area contributed by atoms with Crippen LogP contribution >= 0.6 is 0 Å². The van der Waals surface area contributed by atoms with Crippen molar-refractivity contribution in [3.63, 3.8) is 0 Å². The second-order valence-corrected chi connectivity index (χ2v) is 8.41. The minimum absolute atomic E-state index is 0.0399. The van der Waals surface area contributed by atoms with E-state index in [0.29, 0.717) is 69.3 Å². The highest BCUT2D eigenvalue weighted by Crippen LogP contribution is 2.24. The lowest BCUT2D eigenvalue weighted by Crippen LogP contribution is -2.52. The summed E-state index contributed by atoms with van der Waals surface area (Å²) in [4.78, 5) is 50.8. The van der Waals surface area contributed by atoms with Crippen molar-refractivity contribution < 1.29 is 19.1 Å². The molecule has 1 fully saturated rings. The number of nitrogens with zero attached hydrogens (tertiary/aromatic N) is 5. The van der Waals surface area contributed by atoms with Crippen molar-refractivity contribution in [3.8, 4) is 0 Å². The van der Waals surface area contributed by atoms with Crippen molar-refractivity contribution in [3.05, 3.63) is 17.6 Å². The first kappa shape index (κ1) is 21.0. The highest BCUT2D eigenvalue weighted by Gasteiger charge is 2.29. The van der Waals surface area contributed by atoms with E-state index in [1.54, 1.807) is 22.9 Å². The maximum absolute atomic E-state index is 12.7. The Morgan fingerprint density at radius 2 is 1.76 bits per heavy atom. The van der Waals surface area contributed by atoms with Crippen molar-refractivity contribution in [2.24, 2.45) is 0 Å². The van der Waals surface area contributed by atoms with Crippen molar-refractivity contribution in [1.82, 2.24) is 19.8 Å². The fourth-order valence-corrected chi connectivity index (χ4v) is 3.44. The molecule has 0 radical (unpaired) electrons. The van der Waals surface area contributed by atoms with Gasteiger partial charge in [0.1, 0.15) is 17.2 Å². The Morgan fingerprint density at radius 1 is 1.10 bits per heavy atom. The van der Waals surface area contributed by atoms with Crippen LogP contribution in [0.4, 0.5) is 10.6 Å². The summed E-state index contributed by atoms with van der Waals surface area (Å²) in [6.07, 6.45) is 1.98. The third-order valence-corrected chi connectivity index (χ3v) is 4.98. The van der Waals surface area contributed by atoms with E-state index in [1.807, 2.05) is 25.7 Å². The number of Topliss-reactive ketones (excluding diaryl/α,β-unsaturated/α-hetero) is 1. The van der Waals surface area contributed by atoms with Gasteiger partial charge in [0.15, 0.2) is 5.78 Å². The molecule has 1 saturated heterocycles. The van der Waals surface area contributed by atoms with Gasteiger partial charge in [0.2, 0.25) is 5.91 Å². The first-order valence-electron chi connectivity index (χ1n) is 10.0. The number of piperazine rings is 1. The van der Waals surface area contributed by atoms with Crippen molar-refractivity contribution in [2.75, 3.05) is 44.2 Å². The van der Waals surface area contributed by atoms with E-state index in [2.05, 4.69) is 9.97 Å². The number of aryl methyl sites for hydroxylation is 1. The SMILES string of the molecule is Cc1ncc2c(n1)N(CCC(=O)N1CCN(C(=O)OC(C)(C)C)CC1)CCC2=O. The Kier molecular flexibility index (Phi) is 6.04. The molecule has 0 bridgehead atoms. The number of hydrogen-bond donors (Lipinski definition) is 0. The zero-order valence-electron chi connectivity index (χ0n) is 17.6. The first-order valence-corrected chi connectivity index (χ1v) is 10.0. The standard InChI is InChI=1S/C20H29N5O4/c1-14-21-13-15-16(26)5-7-24(18(15)22-14)8-6-17(27)23-9-11-25(12-10-23)19(28)29-20(2,3)4/h13H,5-12H2,1-4H3. The molecule has 29 heavy (non-hydrogen) atoms. The number of fused-ring (bicyclic) bond motifs is 1. The van der Waals surface area contributed by atoms with Crippen LogP contribution < -0.4 is 4.90 Å². The van der Waals surface area contributed by atoms with Gasteiger partial charge in [-0.2, -0.15) is 0 Å². The zero-order chi connectivity index (χ0) is 21.2. The van der Waals surface area contributed by atoms with Crippen LogP contribution in [0.25, 0.3) is 0 Å². The Bertz CT molecular complexity index is 797. The summed E-state index contributed by atoms with van der Waals surface area (Å²) in [5.74, 6) is 1.31. The number of aromatic nitrogens is 2. The average molecular weight is 403 g/mol. The van der Waals surface area contributed by atoms with E-state index < -0.39 is 5.60 Å². The maximum Gasteiger partial charge on any atom is 0.410 e. The normalized spacial score (nSPS) is 17.2. The van der Waals surface area contributed by atoms with Gasteiger partial charge in [0.25, 0.3) is 0 Å². The highest BCUT2D eigenvalue weighted by molar-refractivity contribution is 6.02. The number of ketones is 1. The molecule has 0 saturated carbocycles. The van der Waals surface area contributed by atoms with Crippen molar-refractivity contribution >= 4 is 23.6 Å². The topological polar surface area (TPSA) is 95.9 Å². The highest BCUT2D eigenvalue weighted by atomic mass is 16.6. The molecule has 1 aromatic rings. The van der Waals surface area contributed by atoms with Gasteiger partial charge >= 0.3 is 6.09 Å². The van der Waals surface area contributed by atoms with Crippen LogP contribution in [0.5, 0.6) is 0 Å². The van der Waals surface area contributed by atoms with E-state index in [1.165, 1.54) is 0 Å². The number of hydrogen-bond acceptors (Lipinski definition) is 7. The average Bonchev–Trinajstić information content (AvgIpc) is 2.66. The molecule has 2 aliphatic rings. The summed E-state index contributed by atoms with van der Waals surface area (Å²) in [7, 11) is 0. The molecule has 3 rings (SSSR count). The molecular formula is C20H29N5O4. The molecule has 2 amide bonds. The van der Waals surface area contributed by atoms with Crippen molar-refractivity contribution in [2.45, 2.75) is 46.1 Å². The summed E-state index contributed by atoms with van der Waals surface area (Å²) in [6, 6.07) is 0. The Balaban J connectivity index is 1.51. The lowest BCUT2D eigenvalue weighted by Gasteiger charge is -2.36. The second kappa shape index (κ2) is 8.34. The third-order valence-electron chi connectivity index (χ3n) is 4.98. The van der Waals surface area contributed by atoms with Crippen molar-refractivity contribution in [1.29, 1.82) is 0 Å². The summed E-state index contributed by atoms with van der Waals surface area (Å²) >= 11 is 0. The van der Waals surface area contributed by atoms with Gasteiger partial charge in [-0.1, -0.05) is 0 Å². The second-order valence-electron chi connectivity index (χ2n) is 8.41. The summed E-state index contributed by atoms with van der Waals surface area (Å²) < 4.78 is 5.39. The summed E-state index contributed by atoms with van der Waals surface area (Å²) in [5.41, 5.74) is -0.00167. The van der Waals surface area contributed by atoms with E-state index in [9.17, 15) is 14.4 Å². The van der Waals surface area contributed by atoms with Gasteiger partial charge in [-0.15, -0.1) is 0 Å². The molecule has 3 heterocycles. The molecule has 9 nitrogen and oxygen atoms in total. The molecule has 0 N–H and O–H groups in total. The number of carbonyl (C=O) groups excluding carboxylic acids is 3. The maximum atomic E-state index is 12.7. The number of amides is 2. The van der Waals surface area contributed by atoms with Crippen LogP contribution in [0.2, 0.25) is 0 Å². The monoisotopic (exact) mass is 403 g/mol. The van der Waals surface area contributed by atoms with E-state index in [4.69, 9.17) is 4.74 Å². The van der Waals surface area contributed by atoms with E-state index >= 15 is 0 Å². The largest absolute Gasteiger partial charge is 0.444 e. The predicted octanol–water partition coefficient (Wildman–Crippen LogP) is 1.65. The molecule has 0 spiro atoms. The van der Waals surface area contributed by atoms with Gasteiger partial charge in [-0.3, -0.25) is 9.59 Å². The number of ether oxygens (including phenoxy) is 1. The third kappa shape index (κ3) is 5.21. The molecule has 0 unspecified atom stereocenters. The fourth-order valence-electron chi connectivity index (χ4n) is 3.44. The van der Waals surface area contributed by atoms with Crippen LogP contribution in [0, 0.1) is 6.92 Å². The Morgan fingerprint density at radius 3 is 2.41 bits per heavy atom. The lowest BCUT2D eigenvalue weighted by atomic mass is 10.1. The first-order chi connectivity index (χ1) is 13.6. The Labute approximate surface area is 171 Å². The van der Waals surface area contributed by atoms with Gasteiger partial charge in [-0.05, 0) is 27.7 Å². The number of carbonyl (C=O) groups is 3. The quantitative estimate of drug-likeness (QED) is 0.757. The molecule has 9 heteroatoms. The molecule has 0 aromatic carbocycles. The molecule has 2 aliphatic heterocycles. The van der Waals surface area contributed by atoms with Gasteiger partial charge < -0.3 is 19.4 Å². The molecule has 1 aromatic heterocycles. The molecule has 0 aliphatic carbocycles. The summed E-state index contributed by atoms with van der Waals surface area (Å²) in [6.45, 7) is 10.3. The lowest BCUT2D eigenvalue weighted by molar-refractivity contribution is -0.132. The van der Waals surface area contributed by atoms with Crippen LogP contribution in [0.3, 0.4) is 0 Å². The van der Waals surface area contributed by atoms with Crippen LogP contribution in [0.1, 0.15) is 49.8 Å². The predicted molar refractivity (Wildman–Crippen MR) is 107 cm³/mol. The Hall–Kier alpha value is -2.71. The molecule has 0 atom stereocenters. The fraction of sp³-hybridized carbons (Fsp3) is 0.650. The van der Waals surface area contributed by atoms with Gasteiger partial charge in [0, 0.05) is 58.3 Å². The van der Waals surface area contributed by atoms with Gasteiger partial charge in [-0.25, -0.2) is 14.8 Å². The minimum Gasteiger partial charge on any atom is -0.444 e. The van der Waals surface area contributed by atoms with Gasteiger partial charge in [0.05, 0.1) is 5.56 Å². The van der Waals surface area contributed by atoms with E-state index in [-0.39, 0.29) is 17.8 Å². The zero-order valence-corrected chi connectivity index (χ0v) is 17.6.